The Balaban J connectivity index is 1.43. The first-order valence-electron chi connectivity index (χ1n) is 10.2. The summed E-state index contributed by atoms with van der Waals surface area (Å²) in [5.41, 5.74) is 2.71. The van der Waals surface area contributed by atoms with Crippen molar-refractivity contribution in [2.75, 3.05) is 31.1 Å². The number of aromatic nitrogens is 2. The van der Waals surface area contributed by atoms with Gasteiger partial charge in [0.25, 0.3) is 5.91 Å². The Hall–Kier alpha value is -3.47. The van der Waals surface area contributed by atoms with Gasteiger partial charge in [0.2, 0.25) is 0 Å². The van der Waals surface area contributed by atoms with Crippen molar-refractivity contribution >= 4 is 45.6 Å². The molecule has 158 valence electrons. The molecule has 0 N–H and O–H groups in total. The van der Waals surface area contributed by atoms with E-state index in [1.807, 2.05) is 47.4 Å². The second kappa shape index (κ2) is 8.58. The fraction of sp³-hybridized carbons (Fsp3) is 0.167. The van der Waals surface area contributed by atoms with E-state index >= 15 is 0 Å². The number of rotatable bonds is 3. The summed E-state index contributed by atoms with van der Waals surface area (Å²) < 4.78 is 0.685. The van der Waals surface area contributed by atoms with Crippen molar-refractivity contribution < 1.29 is 4.79 Å². The number of para-hydroxylation sites is 1. The maximum absolute atomic E-state index is 13.6. The van der Waals surface area contributed by atoms with Gasteiger partial charge in [-0.3, -0.25) is 4.79 Å². The first-order chi connectivity index (χ1) is 15.6. The van der Waals surface area contributed by atoms with E-state index in [1.54, 1.807) is 18.3 Å². The van der Waals surface area contributed by atoms with Crippen molar-refractivity contribution in [1.82, 2.24) is 14.9 Å². The molecule has 1 fully saturated rings. The summed E-state index contributed by atoms with van der Waals surface area (Å²) in [6, 6.07) is 19.1. The molecule has 0 radical (unpaired) electrons. The molecule has 4 aromatic rings. The molecule has 0 saturated carbocycles. The van der Waals surface area contributed by atoms with E-state index in [2.05, 4.69) is 16.0 Å². The van der Waals surface area contributed by atoms with Crippen LogP contribution in [0.1, 0.15) is 15.9 Å². The molecule has 1 amide bonds. The number of carbonyl (C=O) groups is 1. The number of nitrogens with zero attached hydrogens (tertiary/aromatic N) is 5. The summed E-state index contributed by atoms with van der Waals surface area (Å²) >= 11 is 7.57. The molecule has 0 unspecified atom stereocenters. The van der Waals surface area contributed by atoms with Gasteiger partial charge < -0.3 is 9.80 Å². The van der Waals surface area contributed by atoms with E-state index in [0.29, 0.717) is 47.5 Å². The number of carbonyl (C=O) groups excluding carboxylic acids is 1. The summed E-state index contributed by atoms with van der Waals surface area (Å²) in [5, 5.41) is 10.2. The zero-order chi connectivity index (χ0) is 22.1. The van der Waals surface area contributed by atoms with Gasteiger partial charge in [-0.2, -0.15) is 5.26 Å². The van der Waals surface area contributed by atoms with Gasteiger partial charge in [0.15, 0.2) is 0 Å². The van der Waals surface area contributed by atoms with Crippen LogP contribution >= 0.6 is 22.9 Å². The summed E-state index contributed by atoms with van der Waals surface area (Å²) in [6.07, 6.45) is 1.69. The molecule has 1 saturated heterocycles. The molecule has 32 heavy (non-hydrogen) atoms. The van der Waals surface area contributed by atoms with Crippen molar-refractivity contribution in [3.8, 4) is 16.6 Å². The van der Waals surface area contributed by atoms with Crippen LogP contribution < -0.4 is 4.90 Å². The predicted molar refractivity (Wildman–Crippen MR) is 127 cm³/mol. The summed E-state index contributed by atoms with van der Waals surface area (Å²) in [4.78, 5) is 27.5. The second-order valence-corrected chi connectivity index (χ2v) is 9.16. The molecule has 0 bridgehead atoms. The molecule has 0 spiro atoms. The molecular weight excluding hydrogens is 442 g/mol. The monoisotopic (exact) mass is 459 g/mol. The Morgan fingerprint density at radius 3 is 2.62 bits per heavy atom. The largest absolute Gasteiger partial charge is 0.352 e. The van der Waals surface area contributed by atoms with Crippen LogP contribution in [0.4, 0.5) is 5.82 Å². The molecule has 3 aromatic heterocycles. The van der Waals surface area contributed by atoms with Gasteiger partial charge in [0, 0.05) is 37.8 Å². The fourth-order valence-electron chi connectivity index (χ4n) is 3.96. The van der Waals surface area contributed by atoms with Crippen molar-refractivity contribution in [1.29, 1.82) is 5.26 Å². The lowest BCUT2D eigenvalue weighted by Gasteiger charge is -2.35. The maximum atomic E-state index is 13.6. The molecule has 1 aromatic carbocycles. The molecule has 0 aliphatic carbocycles. The van der Waals surface area contributed by atoms with E-state index in [1.165, 1.54) is 11.3 Å². The van der Waals surface area contributed by atoms with E-state index in [9.17, 15) is 10.1 Å². The third kappa shape index (κ3) is 3.79. The van der Waals surface area contributed by atoms with Crippen LogP contribution in [0, 0.1) is 11.3 Å². The summed E-state index contributed by atoms with van der Waals surface area (Å²) in [7, 11) is 0. The zero-order valence-electron chi connectivity index (χ0n) is 17.0. The quantitative estimate of drug-likeness (QED) is 0.438. The molecule has 1 aliphatic rings. The molecule has 0 atom stereocenters. The Morgan fingerprint density at radius 1 is 1.06 bits per heavy atom. The van der Waals surface area contributed by atoms with Crippen molar-refractivity contribution in [3.05, 3.63) is 76.3 Å². The smallest absolute Gasteiger partial charge is 0.254 e. The lowest BCUT2D eigenvalue weighted by molar-refractivity contribution is 0.0748. The minimum Gasteiger partial charge on any atom is -0.352 e. The van der Waals surface area contributed by atoms with Crippen LogP contribution in [-0.2, 0) is 0 Å². The molecule has 1 aliphatic heterocycles. The number of hydrogen-bond donors (Lipinski definition) is 0. The highest BCUT2D eigenvalue weighted by Crippen LogP contribution is 2.33. The number of amides is 1. The zero-order valence-corrected chi connectivity index (χ0v) is 18.6. The van der Waals surface area contributed by atoms with Gasteiger partial charge in [-0.15, -0.1) is 11.3 Å². The Labute approximate surface area is 194 Å². The highest BCUT2D eigenvalue weighted by atomic mass is 35.5. The Bertz CT molecular complexity index is 1350. The highest BCUT2D eigenvalue weighted by Gasteiger charge is 2.26. The Kier molecular flexibility index (Phi) is 5.48. The van der Waals surface area contributed by atoms with Crippen molar-refractivity contribution in [3.63, 3.8) is 0 Å². The number of thiophene rings is 1. The van der Waals surface area contributed by atoms with Crippen molar-refractivity contribution in [2.45, 2.75) is 0 Å². The third-order valence-electron chi connectivity index (χ3n) is 5.55. The van der Waals surface area contributed by atoms with E-state index < -0.39 is 0 Å². The standard InChI is InChI=1S/C24H18ClN5OS/c25-22-8-7-21(32-22)20-14-18(17-5-1-2-6-19(17)28-20)24(31)30-12-10-29(11-13-30)23-16(15-26)4-3-9-27-23/h1-9,14H,10-13H2. The highest BCUT2D eigenvalue weighted by molar-refractivity contribution is 7.19. The average Bonchev–Trinajstić information content (AvgIpc) is 3.29. The summed E-state index contributed by atoms with van der Waals surface area (Å²) in [6.45, 7) is 2.34. The van der Waals surface area contributed by atoms with Gasteiger partial charge >= 0.3 is 0 Å². The first kappa shape index (κ1) is 20.4. The van der Waals surface area contributed by atoms with Crippen LogP contribution in [0.5, 0.6) is 0 Å². The fourth-order valence-corrected chi connectivity index (χ4v) is 4.96. The van der Waals surface area contributed by atoms with E-state index in [4.69, 9.17) is 16.6 Å². The number of nitriles is 1. The first-order valence-corrected chi connectivity index (χ1v) is 11.4. The lowest BCUT2D eigenvalue weighted by atomic mass is 10.1. The topological polar surface area (TPSA) is 73.1 Å². The number of pyridine rings is 2. The third-order valence-corrected chi connectivity index (χ3v) is 6.80. The SMILES string of the molecule is N#Cc1cccnc1N1CCN(C(=O)c2cc(-c3ccc(Cl)s3)nc3ccccc23)CC1. The van der Waals surface area contributed by atoms with Crippen LogP contribution in [-0.4, -0.2) is 47.0 Å². The minimum absolute atomic E-state index is 0.0197. The van der Waals surface area contributed by atoms with Crippen molar-refractivity contribution in [2.24, 2.45) is 0 Å². The molecule has 5 rings (SSSR count). The normalized spacial score (nSPS) is 13.9. The number of benzene rings is 1. The van der Waals surface area contributed by atoms with Crippen LogP contribution in [0.3, 0.4) is 0 Å². The van der Waals surface area contributed by atoms with Crippen LogP contribution in [0.15, 0.2) is 60.8 Å². The van der Waals surface area contributed by atoms with Gasteiger partial charge in [-0.25, -0.2) is 9.97 Å². The van der Waals surface area contributed by atoms with E-state index in [0.717, 1.165) is 21.5 Å². The Morgan fingerprint density at radius 2 is 1.88 bits per heavy atom. The van der Waals surface area contributed by atoms with Gasteiger partial charge in [0.1, 0.15) is 11.9 Å². The predicted octanol–water partition coefficient (Wildman–Crippen LogP) is 4.85. The number of fused-ring (bicyclic) bond motifs is 1. The maximum Gasteiger partial charge on any atom is 0.254 e. The van der Waals surface area contributed by atoms with Gasteiger partial charge in [0.05, 0.1) is 31.6 Å². The molecular formula is C24H18ClN5OS. The van der Waals surface area contributed by atoms with E-state index in [-0.39, 0.29) is 5.91 Å². The summed E-state index contributed by atoms with van der Waals surface area (Å²) in [5.74, 6) is 0.655. The van der Waals surface area contributed by atoms with Gasteiger partial charge in [-0.05, 0) is 36.4 Å². The number of anilines is 1. The average molecular weight is 460 g/mol. The number of halogens is 1. The number of hydrogen-bond acceptors (Lipinski definition) is 6. The minimum atomic E-state index is -0.0197. The van der Waals surface area contributed by atoms with Crippen LogP contribution in [0.25, 0.3) is 21.5 Å². The molecule has 8 heteroatoms. The van der Waals surface area contributed by atoms with Crippen LogP contribution in [0.2, 0.25) is 4.34 Å². The lowest BCUT2D eigenvalue weighted by Crippen LogP contribution is -2.49. The van der Waals surface area contributed by atoms with Gasteiger partial charge in [-0.1, -0.05) is 29.8 Å². The second-order valence-electron chi connectivity index (χ2n) is 7.44. The molecule has 6 nitrogen and oxygen atoms in total. The molecule has 4 heterocycles. The number of piperazine rings is 1.